The number of nitrogens with zero attached hydrogens (tertiary/aromatic N) is 2. The molecule has 1 aliphatic rings. The fourth-order valence-electron chi connectivity index (χ4n) is 4.42. The van der Waals surface area contributed by atoms with E-state index in [-0.39, 0.29) is 10.6 Å². The van der Waals surface area contributed by atoms with Crippen LogP contribution in [-0.2, 0) is 14.6 Å². The number of benzene rings is 2. The van der Waals surface area contributed by atoms with Crippen LogP contribution in [0.1, 0.15) is 22.5 Å². The third-order valence-corrected chi connectivity index (χ3v) is 9.06. The number of thiophene rings is 1. The summed E-state index contributed by atoms with van der Waals surface area (Å²) in [6.45, 7) is -0.782. The van der Waals surface area contributed by atoms with Crippen molar-refractivity contribution in [2.24, 2.45) is 0 Å². The van der Waals surface area contributed by atoms with Crippen molar-refractivity contribution in [3.63, 3.8) is 0 Å². The van der Waals surface area contributed by atoms with Gasteiger partial charge in [0.1, 0.15) is 0 Å². The van der Waals surface area contributed by atoms with E-state index in [9.17, 15) is 28.2 Å². The second-order valence-electron chi connectivity index (χ2n) is 9.30. The first-order valence-electron chi connectivity index (χ1n) is 12.4. The van der Waals surface area contributed by atoms with Gasteiger partial charge in [0, 0.05) is 11.1 Å². The minimum absolute atomic E-state index is 0.0725. The van der Waals surface area contributed by atoms with E-state index in [2.05, 4.69) is 10.4 Å². The highest BCUT2D eigenvalue weighted by atomic mass is 35.5. The molecule has 0 spiro atoms. The number of amides is 1. The summed E-state index contributed by atoms with van der Waals surface area (Å²) in [5.74, 6) is -2.16. The number of carboxylic acids is 1. The fourth-order valence-corrected chi connectivity index (χ4v) is 6.58. The average Bonchev–Trinajstić information content (AvgIpc) is 3.72. The topological polar surface area (TPSA) is 139 Å². The SMILES string of the molecule is CS(=O)(=O)c1cc(-c2ccc(-c3cc(C(=O)N[C@H](CO)C(=O)O)nn3-c3ccccc3Cl)s2)ccc1C1=CC=CC1. The van der Waals surface area contributed by atoms with E-state index in [1.807, 2.05) is 42.5 Å². The number of carbonyl (C=O) groups excluding carboxylic acids is 1. The lowest BCUT2D eigenvalue weighted by Gasteiger charge is -2.11. The van der Waals surface area contributed by atoms with E-state index in [4.69, 9.17) is 11.6 Å². The van der Waals surface area contributed by atoms with Crippen LogP contribution in [0, 0.1) is 0 Å². The maximum Gasteiger partial charge on any atom is 0.328 e. The van der Waals surface area contributed by atoms with Crippen LogP contribution in [-0.4, -0.2) is 59.2 Å². The van der Waals surface area contributed by atoms with Crippen molar-refractivity contribution in [2.75, 3.05) is 12.9 Å². The van der Waals surface area contributed by atoms with E-state index < -0.39 is 34.4 Å². The number of sulfone groups is 1. The summed E-state index contributed by atoms with van der Waals surface area (Å²) in [7, 11) is -3.52. The molecule has 4 aromatic rings. The number of aliphatic carboxylic acids is 1. The van der Waals surface area contributed by atoms with Crippen LogP contribution in [0.2, 0.25) is 5.02 Å². The van der Waals surface area contributed by atoms with Gasteiger partial charge in [0.2, 0.25) is 0 Å². The van der Waals surface area contributed by atoms with Gasteiger partial charge < -0.3 is 15.5 Å². The normalized spacial score (nSPS) is 13.7. The summed E-state index contributed by atoms with van der Waals surface area (Å²) in [4.78, 5) is 25.9. The van der Waals surface area contributed by atoms with Gasteiger partial charge in [-0.3, -0.25) is 4.79 Å². The molecule has 210 valence electrons. The molecule has 0 aliphatic heterocycles. The number of rotatable bonds is 9. The highest BCUT2D eigenvalue weighted by Gasteiger charge is 2.24. The number of aliphatic hydroxyl groups is 1. The van der Waals surface area contributed by atoms with Crippen molar-refractivity contribution in [1.82, 2.24) is 15.1 Å². The number of allylic oxidation sites excluding steroid dienone is 4. The Morgan fingerprint density at radius 1 is 1.12 bits per heavy atom. The van der Waals surface area contributed by atoms with Gasteiger partial charge in [-0.25, -0.2) is 17.9 Å². The molecule has 1 amide bonds. The molecule has 41 heavy (non-hydrogen) atoms. The molecule has 0 saturated carbocycles. The average molecular weight is 610 g/mol. The number of aromatic nitrogens is 2. The quantitative estimate of drug-likeness (QED) is 0.247. The molecule has 0 bridgehead atoms. The molecule has 9 nitrogen and oxygen atoms in total. The maximum absolute atomic E-state index is 12.9. The van der Waals surface area contributed by atoms with Crippen molar-refractivity contribution in [2.45, 2.75) is 17.4 Å². The lowest BCUT2D eigenvalue weighted by molar-refractivity contribution is -0.140. The number of carboxylic acid groups (broad SMARTS) is 1. The van der Waals surface area contributed by atoms with Crippen LogP contribution in [0.3, 0.4) is 0 Å². The van der Waals surface area contributed by atoms with Crippen LogP contribution in [0.15, 0.2) is 83.8 Å². The van der Waals surface area contributed by atoms with Crippen LogP contribution >= 0.6 is 22.9 Å². The number of aliphatic hydroxyl groups excluding tert-OH is 1. The standard InChI is InChI=1S/C29H24ClN3O6S2/c1-41(38,39)27-14-18(10-11-19(27)17-6-2-3-7-17)25-12-13-26(40-25)24-15-21(28(35)31-22(16-34)29(36)37)32-33(24)23-9-5-4-8-20(23)30/h2-6,8-15,22,34H,7,16H2,1H3,(H,31,35)(H,36,37)/t22-/m1/s1. The summed E-state index contributed by atoms with van der Waals surface area (Å²) in [5.41, 5.74) is 3.26. The van der Waals surface area contributed by atoms with Gasteiger partial charge >= 0.3 is 5.97 Å². The Kier molecular flexibility index (Phi) is 7.96. The van der Waals surface area contributed by atoms with Gasteiger partial charge in [-0.15, -0.1) is 11.3 Å². The van der Waals surface area contributed by atoms with Crippen molar-refractivity contribution >= 4 is 50.2 Å². The zero-order valence-corrected chi connectivity index (χ0v) is 24.0. The molecule has 12 heteroatoms. The molecule has 0 fully saturated rings. The summed E-state index contributed by atoms with van der Waals surface area (Å²) in [6, 6.07) is 16.0. The predicted octanol–water partition coefficient (Wildman–Crippen LogP) is 4.84. The molecular formula is C29H24ClN3O6S2. The van der Waals surface area contributed by atoms with Crippen molar-refractivity contribution in [3.05, 3.63) is 95.2 Å². The molecule has 2 aromatic carbocycles. The molecule has 1 aliphatic carbocycles. The molecule has 0 unspecified atom stereocenters. The largest absolute Gasteiger partial charge is 0.480 e. The van der Waals surface area contributed by atoms with Gasteiger partial charge in [-0.05, 0) is 59.5 Å². The molecule has 2 heterocycles. The second-order valence-corrected chi connectivity index (χ2v) is 12.8. The summed E-state index contributed by atoms with van der Waals surface area (Å²) in [6.07, 6.45) is 7.65. The first kappa shape index (κ1) is 28.5. The van der Waals surface area contributed by atoms with E-state index >= 15 is 0 Å². The minimum Gasteiger partial charge on any atom is -0.480 e. The summed E-state index contributed by atoms with van der Waals surface area (Å²) < 4.78 is 26.9. The Balaban J connectivity index is 1.57. The van der Waals surface area contributed by atoms with Crippen molar-refractivity contribution in [3.8, 4) is 26.7 Å². The zero-order chi connectivity index (χ0) is 29.3. The zero-order valence-electron chi connectivity index (χ0n) is 21.6. The number of para-hydroxylation sites is 1. The number of halogens is 1. The highest BCUT2D eigenvalue weighted by molar-refractivity contribution is 7.90. The molecule has 0 radical (unpaired) electrons. The molecule has 0 saturated heterocycles. The van der Waals surface area contributed by atoms with Crippen LogP contribution in [0.5, 0.6) is 0 Å². The fraction of sp³-hybridized carbons (Fsp3) is 0.138. The number of carbonyl (C=O) groups is 2. The number of hydrogen-bond acceptors (Lipinski definition) is 7. The van der Waals surface area contributed by atoms with Gasteiger partial charge in [-0.1, -0.05) is 54.1 Å². The van der Waals surface area contributed by atoms with Crippen molar-refractivity contribution in [1.29, 1.82) is 0 Å². The van der Waals surface area contributed by atoms with Gasteiger partial charge in [0.15, 0.2) is 21.6 Å². The Hall–Kier alpha value is -4.03. The number of nitrogens with one attached hydrogen (secondary N) is 1. The van der Waals surface area contributed by atoms with E-state index in [1.54, 1.807) is 30.3 Å². The van der Waals surface area contributed by atoms with Crippen LogP contribution < -0.4 is 5.32 Å². The monoisotopic (exact) mass is 609 g/mol. The molecule has 1 atom stereocenters. The first-order valence-corrected chi connectivity index (χ1v) is 15.5. The first-order chi connectivity index (χ1) is 19.6. The second kappa shape index (κ2) is 11.5. The van der Waals surface area contributed by atoms with Gasteiger partial charge in [0.25, 0.3) is 5.91 Å². The van der Waals surface area contributed by atoms with E-state index in [0.29, 0.717) is 38.8 Å². The lowest BCUT2D eigenvalue weighted by atomic mass is 10.0. The number of hydrogen-bond donors (Lipinski definition) is 3. The Labute approximate surface area is 245 Å². The van der Waals surface area contributed by atoms with E-state index in [1.165, 1.54) is 28.3 Å². The van der Waals surface area contributed by atoms with Crippen LogP contribution in [0.25, 0.3) is 32.3 Å². The van der Waals surface area contributed by atoms with Gasteiger partial charge in [-0.2, -0.15) is 5.10 Å². The molecule has 3 N–H and O–H groups in total. The predicted molar refractivity (Wildman–Crippen MR) is 158 cm³/mol. The third kappa shape index (κ3) is 5.89. The molecular weight excluding hydrogens is 586 g/mol. The summed E-state index contributed by atoms with van der Waals surface area (Å²) >= 11 is 7.82. The van der Waals surface area contributed by atoms with Crippen molar-refractivity contribution < 1.29 is 28.2 Å². The lowest BCUT2D eigenvalue weighted by Crippen LogP contribution is -2.43. The van der Waals surface area contributed by atoms with Crippen LogP contribution in [0.4, 0.5) is 0 Å². The van der Waals surface area contributed by atoms with Gasteiger partial charge in [0.05, 0.1) is 32.8 Å². The molecule has 5 rings (SSSR count). The Morgan fingerprint density at radius 3 is 2.54 bits per heavy atom. The molecule has 2 aromatic heterocycles. The Bertz CT molecular complexity index is 1840. The summed E-state index contributed by atoms with van der Waals surface area (Å²) in [5, 5.41) is 25.6. The third-order valence-electron chi connectivity index (χ3n) is 6.45. The smallest absolute Gasteiger partial charge is 0.328 e. The maximum atomic E-state index is 12.9. The Morgan fingerprint density at radius 2 is 1.88 bits per heavy atom. The van der Waals surface area contributed by atoms with E-state index in [0.717, 1.165) is 10.5 Å². The minimum atomic E-state index is -3.52. The highest BCUT2D eigenvalue weighted by Crippen LogP contribution is 2.39.